The van der Waals surface area contributed by atoms with E-state index in [0.717, 1.165) is 25.7 Å². The van der Waals surface area contributed by atoms with Crippen molar-refractivity contribution in [1.82, 2.24) is 15.5 Å². The van der Waals surface area contributed by atoms with E-state index < -0.39 is 82.5 Å². The molecule has 3 aliphatic carbocycles. The highest BCUT2D eigenvalue weighted by molar-refractivity contribution is 5.99. The topological polar surface area (TPSA) is 117 Å². The number of carbonyl (C=O) groups is 4. The average molecular weight is 663 g/mol. The number of quaternary nitrogens is 1. The van der Waals surface area contributed by atoms with Gasteiger partial charge < -0.3 is 25.6 Å². The lowest BCUT2D eigenvalue weighted by Crippen LogP contribution is -2.76. The van der Waals surface area contributed by atoms with Gasteiger partial charge in [-0.15, -0.1) is 0 Å². The van der Waals surface area contributed by atoms with Gasteiger partial charge >= 0.3 is 5.91 Å². The number of hydrogen-bond acceptors (Lipinski definition) is 6. The molecule has 9 rings (SSSR count). The molecule has 0 spiro atoms. The van der Waals surface area contributed by atoms with Crippen LogP contribution in [0.5, 0.6) is 0 Å². The number of methoxy groups -OCH3 is 1. The van der Waals surface area contributed by atoms with Gasteiger partial charge in [-0.2, -0.15) is 0 Å². The minimum Gasteiger partial charge on any atom is -0.368 e. The molecule has 4 amide bonds. The zero-order valence-electron chi connectivity index (χ0n) is 27.6. The number of carbonyl (C=O) groups excluding carboxylic acids is 4. The van der Waals surface area contributed by atoms with Crippen molar-refractivity contribution in [1.29, 1.82) is 0 Å². The largest absolute Gasteiger partial charge is 0.368 e. The van der Waals surface area contributed by atoms with E-state index in [2.05, 4.69) is 16.0 Å². The molecule has 1 unspecified atom stereocenters. The first-order chi connectivity index (χ1) is 22.3. The number of amides is 4. The molecule has 3 N–H and O–H groups in total. The predicted octanol–water partition coefficient (Wildman–Crippen LogP) is 2.82. The average Bonchev–Trinajstić information content (AvgIpc) is 3.98. The molecular formula is C34H47F3N5O5+. The number of rotatable bonds is 7. The number of benzene rings is 1. The van der Waals surface area contributed by atoms with Gasteiger partial charge in [0.2, 0.25) is 5.91 Å². The second-order valence-electron chi connectivity index (χ2n) is 14.6. The maximum atomic E-state index is 16.6. The van der Waals surface area contributed by atoms with E-state index >= 15 is 8.78 Å². The maximum absolute atomic E-state index is 16.6. The van der Waals surface area contributed by atoms with Crippen LogP contribution in [-0.4, -0.2) is 109 Å². The monoisotopic (exact) mass is 662 g/mol. The molecule has 1 saturated heterocycles. The molecular weight excluding hydrogens is 615 g/mol. The number of alkyl halides is 2. The first-order valence-corrected chi connectivity index (χ1v) is 16.9. The fraction of sp³-hybridized carbons (Fsp3) is 0.706. The number of anilines is 1. The summed E-state index contributed by atoms with van der Waals surface area (Å²) >= 11 is 0. The van der Waals surface area contributed by atoms with Crippen LogP contribution < -0.4 is 16.0 Å². The van der Waals surface area contributed by atoms with Crippen LogP contribution in [0.1, 0.15) is 63.9 Å². The van der Waals surface area contributed by atoms with E-state index in [9.17, 15) is 23.6 Å². The molecule has 8 aliphatic rings. The number of halogens is 3. The number of nitrogens with one attached hydrogen (secondary N) is 3. The molecule has 1 aromatic rings. The van der Waals surface area contributed by atoms with Crippen molar-refractivity contribution in [3.8, 4) is 0 Å². The fourth-order valence-electron chi connectivity index (χ4n) is 8.32. The Morgan fingerprint density at radius 3 is 2.38 bits per heavy atom. The molecule has 0 aromatic heterocycles. The molecule has 0 radical (unpaired) electrons. The summed E-state index contributed by atoms with van der Waals surface area (Å²) in [7, 11) is 2.94. The van der Waals surface area contributed by atoms with Crippen molar-refractivity contribution in [3.63, 3.8) is 0 Å². The van der Waals surface area contributed by atoms with Crippen molar-refractivity contribution in [2.24, 2.45) is 17.8 Å². The van der Waals surface area contributed by atoms with E-state index in [4.69, 9.17) is 4.74 Å². The first-order valence-electron chi connectivity index (χ1n) is 16.9. The van der Waals surface area contributed by atoms with Crippen molar-refractivity contribution in [2.45, 2.75) is 94.2 Å². The van der Waals surface area contributed by atoms with Gasteiger partial charge in [-0.3, -0.25) is 14.4 Å². The van der Waals surface area contributed by atoms with Crippen LogP contribution in [0.4, 0.5) is 18.9 Å². The molecule has 5 heterocycles. The summed E-state index contributed by atoms with van der Waals surface area (Å²) in [5, 5.41) is 8.43. The Morgan fingerprint density at radius 1 is 1.15 bits per heavy atom. The molecule has 3 saturated carbocycles. The molecule has 258 valence electrons. The molecule has 1 aromatic carbocycles. The van der Waals surface area contributed by atoms with Gasteiger partial charge in [0.05, 0.1) is 18.8 Å². The van der Waals surface area contributed by atoms with Crippen LogP contribution in [-0.2, 0) is 23.9 Å². The smallest absolute Gasteiger partial charge is 0.342 e. The summed E-state index contributed by atoms with van der Waals surface area (Å²) in [5.41, 5.74) is -2.08. The molecule has 10 nitrogen and oxygen atoms in total. The third kappa shape index (κ3) is 6.19. The summed E-state index contributed by atoms with van der Waals surface area (Å²) in [4.78, 5) is 57.9. The van der Waals surface area contributed by atoms with Gasteiger partial charge in [-0.05, 0) is 68.1 Å². The third-order valence-corrected chi connectivity index (χ3v) is 11.6. The molecule has 47 heavy (non-hydrogen) atoms. The minimum absolute atomic E-state index is 0.0660. The normalized spacial score (nSPS) is 35.3. The van der Waals surface area contributed by atoms with E-state index in [1.165, 1.54) is 24.1 Å². The number of hydrogen-bond donors (Lipinski definition) is 3. The second-order valence-corrected chi connectivity index (χ2v) is 14.6. The van der Waals surface area contributed by atoms with Crippen LogP contribution in [0.2, 0.25) is 0 Å². The summed E-state index contributed by atoms with van der Waals surface area (Å²) in [6, 6.07) is 0.675. The number of ether oxygens (including phenoxy) is 1. The zero-order chi connectivity index (χ0) is 33.8. The Labute approximate surface area is 273 Å². The predicted molar refractivity (Wildman–Crippen MR) is 167 cm³/mol. The lowest BCUT2D eigenvalue weighted by atomic mass is 9.72. The van der Waals surface area contributed by atoms with Crippen molar-refractivity contribution in [3.05, 3.63) is 29.6 Å². The number of nitrogens with zero attached hydrogens (tertiary/aromatic N) is 2. The lowest BCUT2D eigenvalue weighted by Gasteiger charge is -2.54. The number of likely N-dealkylation sites (N-methyl/N-ethyl adjacent to an activating group) is 1. The highest BCUT2D eigenvalue weighted by atomic mass is 19.1. The van der Waals surface area contributed by atoms with Crippen LogP contribution in [0.3, 0.4) is 0 Å². The second kappa shape index (κ2) is 12.8. The van der Waals surface area contributed by atoms with Crippen LogP contribution in [0.15, 0.2) is 18.2 Å². The van der Waals surface area contributed by atoms with Crippen LogP contribution in [0, 0.1) is 23.6 Å². The fourth-order valence-corrected chi connectivity index (χ4v) is 8.32. The van der Waals surface area contributed by atoms with Crippen molar-refractivity contribution in [2.75, 3.05) is 45.8 Å². The summed E-state index contributed by atoms with van der Waals surface area (Å²) < 4.78 is 51.1. The van der Waals surface area contributed by atoms with Crippen molar-refractivity contribution >= 4 is 29.3 Å². The zero-order valence-corrected chi connectivity index (χ0v) is 27.6. The van der Waals surface area contributed by atoms with Crippen LogP contribution >= 0.6 is 0 Å². The van der Waals surface area contributed by atoms with E-state index in [-0.39, 0.29) is 49.4 Å². The highest BCUT2D eigenvalue weighted by Crippen LogP contribution is 2.52. The van der Waals surface area contributed by atoms with Crippen molar-refractivity contribution < 1.29 is 41.6 Å². The number of piperazine rings is 1. The Kier molecular flexibility index (Phi) is 9.20. The third-order valence-electron chi connectivity index (χ3n) is 11.6. The SMILES string of the molecule is CO[C@@H](C)C(=O)[N+]1(C)C2CC(F)(C2)C(=O)N[C@@H](C(C2CC2)C2CC2)C(=O)Nc2ccc(cc2F)[C@H](C)[C@@H]1C(=O)N1CCN[C@H](CF)C1. The quantitative estimate of drug-likeness (QED) is 0.387. The minimum atomic E-state index is -2.39. The van der Waals surface area contributed by atoms with Gasteiger partial charge in [0.25, 0.3) is 11.8 Å². The molecule has 13 heteroatoms. The van der Waals surface area contributed by atoms with Crippen LogP contribution in [0.25, 0.3) is 0 Å². The summed E-state index contributed by atoms with van der Waals surface area (Å²) in [6.45, 7) is 3.24. The Morgan fingerprint density at radius 2 is 1.81 bits per heavy atom. The molecule has 4 bridgehead atoms. The van der Waals surface area contributed by atoms with Gasteiger partial charge in [0, 0.05) is 45.5 Å². The van der Waals surface area contributed by atoms with Gasteiger partial charge in [-0.1, -0.05) is 13.0 Å². The Balaban J connectivity index is 1.44. The molecule has 6 atom stereocenters. The summed E-state index contributed by atoms with van der Waals surface area (Å²) in [6.07, 6.45) is 1.94. The summed E-state index contributed by atoms with van der Waals surface area (Å²) in [5.74, 6) is -3.72. The van der Waals surface area contributed by atoms with E-state index in [1.807, 2.05) is 0 Å². The van der Waals surface area contributed by atoms with Gasteiger partial charge in [0.15, 0.2) is 17.8 Å². The van der Waals surface area contributed by atoms with E-state index in [0.29, 0.717) is 12.1 Å². The molecule has 4 fully saturated rings. The maximum Gasteiger partial charge on any atom is 0.342 e. The lowest BCUT2D eigenvalue weighted by molar-refractivity contribution is -0.887. The molecule has 5 aliphatic heterocycles. The van der Waals surface area contributed by atoms with Gasteiger partial charge in [-0.25, -0.2) is 22.4 Å². The Bertz CT molecular complexity index is 1400. The van der Waals surface area contributed by atoms with Gasteiger partial charge in [0.1, 0.15) is 24.6 Å². The van der Waals surface area contributed by atoms with E-state index in [1.54, 1.807) is 27.0 Å². The highest BCUT2D eigenvalue weighted by Gasteiger charge is 2.65. The Hall–Kier alpha value is -3.03. The first kappa shape index (κ1) is 33.9. The standard InChI is InChI=1S/C34H46F3N5O5/c1-18-22-9-10-26(25(36)13-22)39-30(43)28(27(20-5-6-20)21-7-8-21)40-33(46)34(37)14-24(15-34)42(3,32(45)19(2)47-4)29(18)31(44)41-12-11-38-23(16-35)17-41/h9-10,13,18-21,23-24,27-29,38H,5-8,11-12,14-17H2,1-4H3,(H-,39,40,43,46)/p+1/t18-,19-,23+,24?,28-,29+,34?,42?/m0/s1.